The molecule has 0 bridgehead atoms. The molecule has 0 saturated carbocycles. The van der Waals surface area contributed by atoms with E-state index < -0.39 is 17.9 Å². The van der Waals surface area contributed by atoms with Crippen LogP contribution in [0.2, 0.25) is 5.02 Å². The van der Waals surface area contributed by atoms with Crippen LogP contribution in [0.15, 0.2) is 28.8 Å². The second kappa shape index (κ2) is 7.05. The Morgan fingerprint density at radius 2 is 1.96 bits per heavy atom. The molecule has 1 aromatic carbocycles. The predicted molar refractivity (Wildman–Crippen MR) is 87.1 cm³/mol. The van der Waals surface area contributed by atoms with Gasteiger partial charge in [0, 0.05) is 17.0 Å². The first-order valence-corrected chi connectivity index (χ1v) is 8.18. The summed E-state index contributed by atoms with van der Waals surface area (Å²) in [6, 6.07) is 6.07. The predicted octanol–water partition coefficient (Wildman–Crippen LogP) is 3.15. The van der Waals surface area contributed by atoms with Crippen LogP contribution in [0.5, 0.6) is 0 Å². The van der Waals surface area contributed by atoms with E-state index in [-0.39, 0.29) is 12.1 Å². The molecule has 1 aromatic heterocycles. The fourth-order valence-electron chi connectivity index (χ4n) is 2.91. The van der Waals surface area contributed by atoms with Crippen LogP contribution in [0, 0.1) is 0 Å². The van der Waals surface area contributed by atoms with E-state index in [0.717, 1.165) is 37.0 Å². The second-order valence-corrected chi connectivity index (χ2v) is 6.25. The highest BCUT2D eigenvalue weighted by Crippen LogP contribution is 2.25. The van der Waals surface area contributed by atoms with E-state index in [2.05, 4.69) is 10.5 Å². The molecule has 126 valence electrons. The van der Waals surface area contributed by atoms with Crippen LogP contribution >= 0.6 is 11.6 Å². The molecule has 1 aliphatic rings. The summed E-state index contributed by atoms with van der Waals surface area (Å²) in [6.07, 6.45) is 3.32. The molecular formula is C17H17ClN2O4. The SMILES string of the molecule is O=C(O)C[C@H](NC(=O)c1noc2c1CCCC2)c1ccc(Cl)cc1. The van der Waals surface area contributed by atoms with Crippen molar-refractivity contribution in [2.75, 3.05) is 0 Å². The minimum Gasteiger partial charge on any atom is -0.481 e. The minimum atomic E-state index is -1.00. The number of carboxylic acids is 1. The number of halogens is 1. The van der Waals surface area contributed by atoms with Crippen molar-refractivity contribution in [3.05, 3.63) is 51.9 Å². The molecule has 0 spiro atoms. The normalized spacial score (nSPS) is 14.7. The van der Waals surface area contributed by atoms with E-state index in [1.807, 2.05) is 0 Å². The third-order valence-corrected chi connectivity index (χ3v) is 4.37. The van der Waals surface area contributed by atoms with Gasteiger partial charge in [-0.15, -0.1) is 0 Å². The number of hydrogen-bond donors (Lipinski definition) is 2. The molecule has 0 aliphatic heterocycles. The zero-order valence-corrected chi connectivity index (χ0v) is 13.7. The maximum Gasteiger partial charge on any atom is 0.305 e. The summed E-state index contributed by atoms with van der Waals surface area (Å²) in [5.41, 5.74) is 1.77. The molecule has 1 heterocycles. The van der Waals surface area contributed by atoms with Crippen molar-refractivity contribution in [2.45, 2.75) is 38.1 Å². The molecule has 2 aromatic rings. The van der Waals surface area contributed by atoms with Crippen molar-refractivity contribution < 1.29 is 19.2 Å². The number of rotatable bonds is 5. The van der Waals surface area contributed by atoms with E-state index in [4.69, 9.17) is 21.2 Å². The molecular weight excluding hydrogens is 332 g/mol. The smallest absolute Gasteiger partial charge is 0.305 e. The summed E-state index contributed by atoms with van der Waals surface area (Å²) in [4.78, 5) is 23.7. The summed E-state index contributed by atoms with van der Waals surface area (Å²) >= 11 is 5.86. The number of carbonyl (C=O) groups excluding carboxylic acids is 1. The molecule has 2 N–H and O–H groups in total. The van der Waals surface area contributed by atoms with Crippen LogP contribution in [0.25, 0.3) is 0 Å². The molecule has 1 atom stereocenters. The number of aryl methyl sites for hydroxylation is 1. The van der Waals surface area contributed by atoms with Gasteiger partial charge < -0.3 is 14.9 Å². The molecule has 1 aliphatic carbocycles. The number of aromatic nitrogens is 1. The maximum atomic E-state index is 12.6. The largest absolute Gasteiger partial charge is 0.481 e. The van der Waals surface area contributed by atoms with Gasteiger partial charge in [0.05, 0.1) is 12.5 Å². The van der Waals surface area contributed by atoms with Crippen LogP contribution in [0.4, 0.5) is 0 Å². The highest BCUT2D eigenvalue weighted by molar-refractivity contribution is 6.30. The number of fused-ring (bicyclic) bond motifs is 1. The van der Waals surface area contributed by atoms with Gasteiger partial charge in [-0.05, 0) is 37.0 Å². The zero-order chi connectivity index (χ0) is 17.1. The van der Waals surface area contributed by atoms with Gasteiger partial charge in [0.2, 0.25) is 0 Å². The van der Waals surface area contributed by atoms with Crippen molar-refractivity contribution in [3.8, 4) is 0 Å². The van der Waals surface area contributed by atoms with Crippen molar-refractivity contribution in [1.29, 1.82) is 0 Å². The van der Waals surface area contributed by atoms with Crippen LogP contribution in [-0.2, 0) is 17.6 Å². The van der Waals surface area contributed by atoms with Crippen LogP contribution in [0.1, 0.15) is 52.7 Å². The molecule has 3 rings (SSSR count). The number of carboxylic acid groups (broad SMARTS) is 1. The highest BCUT2D eigenvalue weighted by Gasteiger charge is 2.26. The number of amides is 1. The summed E-state index contributed by atoms with van der Waals surface area (Å²) in [5, 5.41) is 16.3. The van der Waals surface area contributed by atoms with Gasteiger partial charge in [0.25, 0.3) is 5.91 Å². The average molecular weight is 349 g/mol. The number of nitrogens with one attached hydrogen (secondary N) is 1. The van der Waals surface area contributed by atoms with Gasteiger partial charge in [0.15, 0.2) is 5.69 Å². The Bertz CT molecular complexity index is 754. The Labute approximate surface area is 143 Å². The second-order valence-electron chi connectivity index (χ2n) is 5.82. The van der Waals surface area contributed by atoms with E-state index in [9.17, 15) is 9.59 Å². The Hall–Kier alpha value is -2.34. The summed E-state index contributed by atoms with van der Waals surface area (Å²) in [5.74, 6) is -0.659. The summed E-state index contributed by atoms with van der Waals surface area (Å²) in [6.45, 7) is 0. The van der Waals surface area contributed by atoms with Crippen LogP contribution in [-0.4, -0.2) is 22.1 Å². The van der Waals surface area contributed by atoms with Crippen LogP contribution < -0.4 is 5.32 Å². The topological polar surface area (TPSA) is 92.4 Å². The first-order valence-electron chi connectivity index (χ1n) is 7.80. The first-order chi connectivity index (χ1) is 11.5. The fraction of sp³-hybridized carbons (Fsp3) is 0.353. The molecule has 0 saturated heterocycles. The van der Waals surface area contributed by atoms with E-state index in [1.165, 1.54) is 0 Å². The van der Waals surface area contributed by atoms with Gasteiger partial charge in [-0.2, -0.15) is 0 Å². The van der Waals surface area contributed by atoms with Crippen molar-refractivity contribution >= 4 is 23.5 Å². The van der Waals surface area contributed by atoms with E-state index in [1.54, 1.807) is 24.3 Å². The lowest BCUT2D eigenvalue weighted by Gasteiger charge is -2.17. The molecule has 0 radical (unpaired) electrons. The van der Waals surface area contributed by atoms with Crippen molar-refractivity contribution in [2.24, 2.45) is 0 Å². The lowest BCUT2D eigenvalue weighted by molar-refractivity contribution is -0.137. The number of aliphatic carboxylic acids is 1. The molecule has 1 amide bonds. The monoisotopic (exact) mass is 348 g/mol. The highest BCUT2D eigenvalue weighted by atomic mass is 35.5. The number of nitrogens with zero attached hydrogens (tertiary/aromatic N) is 1. The lowest BCUT2D eigenvalue weighted by atomic mass is 9.96. The van der Waals surface area contributed by atoms with Gasteiger partial charge in [0.1, 0.15) is 5.76 Å². The fourth-order valence-corrected chi connectivity index (χ4v) is 3.04. The van der Waals surface area contributed by atoms with E-state index in [0.29, 0.717) is 10.6 Å². The maximum absolute atomic E-state index is 12.6. The quantitative estimate of drug-likeness (QED) is 0.865. The molecule has 0 fully saturated rings. The van der Waals surface area contributed by atoms with E-state index >= 15 is 0 Å². The van der Waals surface area contributed by atoms with Crippen molar-refractivity contribution in [3.63, 3.8) is 0 Å². The number of benzene rings is 1. The Balaban J connectivity index is 1.81. The lowest BCUT2D eigenvalue weighted by Crippen LogP contribution is -2.31. The molecule has 7 heteroatoms. The standard InChI is InChI=1S/C17H17ClN2O4/c18-11-7-5-10(6-8-11)13(9-15(21)22)19-17(23)16-12-3-1-2-4-14(12)24-20-16/h5-8,13H,1-4,9H2,(H,19,23)(H,21,22)/t13-/m0/s1. The molecule has 6 nitrogen and oxygen atoms in total. The minimum absolute atomic E-state index is 0.229. The third-order valence-electron chi connectivity index (χ3n) is 4.12. The van der Waals surface area contributed by atoms with Gasteiger partial charge in [-0.1, -0.05) is 28.9 Å². The average Bonchev–Trinajstić information content (AvgIpc) is 2.98. The van der Waals surface area contributed by atoms with Gasteiger partial charge >= 0.3 is 5.97 Å². The summed E-state index contributed by atoms with van der Waals surface area (Å²) < 4.78 is 5.25. The first kappa shape index (κ1) is 16.5. The van der Waals surface area contributed by atoms with Gasteiger partial charge in [-0.25, -0.2) is 0 Å². The third kappa shape index (κ3) is 3.59. The van der Waals surface area contributed by atoms with Crippen molar-refractivity contribution in [1.82, 2.24) is 10.5 Å². The number of carbonyl (C=O) groups is 2. The Kier molecular flexibility index (Phi) is 4.85. The Morgan fingerprint density at radius 3 is 2.67 bits per heavy atom. The van der Waals surface area contributed by atoms with Crippen LogP contribution in [0.3, 0.4) is 0 Å². The summed E-state index contributed by atoms with van der Waals surface area (Å²) in [7, 11) is 0. The molecule has 24 heavy (non-hydrogen) atoms. The zero-order valence-electron chi connectivity index (χ0n) is 12.9. The molecule has 0 unspecified atom stereocenters. The van der Waals surface area contributed by atoms with Gasteiger partial charge in [-0.3, -0.25) is 9.59 Å². The number of hydrogen-bond acceptors (Lipinski definition) is 4. The Morgan fingerprint density at radius 1 is 1.25 bits per heavy atom.